The Kier molecular flexibility index (Phi) is 12.7. The minimum absolute atomic E-state index is 0.446. The van der Waals surface area contributed by atoms with E-state index < -0.39 is 15.8 Å². The molecule has 0 unspecified atom stereocenters. The van der Waals surface area contributed by atoms with E-state index in [-0.39, 0.29) is 0 Å². The molecule has 0 aliphatic carbocycles. The van der Waals surface area contributed by atoms with E-state index in [9.17, 15) is 0 Å². The van der Waals surface area contributed by atoms with Crippen LogP contribution in [-0.4, -0.2) is 0 Å². The van der Waals surface area contributed by atoms with E-state index >= 15 is 0 Å². The number of aryl methyl sites for hydroxylation is 2. The molecule has 7 aromatic carbocycles. The molecule has 0 radical (unpaired) electrons. The zero-order chi connectivity index (χ0) is 31.8. The first-order valence-electron chi connectivity index (χ1n) is 15.6. The third kappa shape index (κ3) is 9.70. The second kappa shape index (κ2) is 17.8. The average Bonchev–Trinajstić information content (AvgIpc) is 3.13. The van der Waals surface area contributed by atoms with Crippen molar-refractivity contribution in [1.29, 1.82) is 0 Å². The quantitative estimate of drug-likeness (QED) is 0.161. The maximum Gasteiger partial charge on any atom is -0.0134 e. The number of hydrogen-bond acceptors (Lipinski definition) is 0. The van der Waals surface area contributed by atoms with Crippen molar-refractivity contribution in [3.8, 4) is 0 Å². The molecule has 7 aromatic rings. The molecule has 7 rings (SSSR count). The Bertz CT molecular complexity index is 1480. The molecule has 0 aliphatic heterocycles. The molecule has 226 valence electrons. The first kappa shape index (κ1) is 32.8. The molecule has 46 heavy (non-hydrogen) atoms. The van der Waals surface area contributed by atoms with Crippen molar-refractivity contribution in [2.24, 2.45) is 0 Å². The highest BCUT2D eigenvalue weighted by Crippen LogP contribution is 2.33. The Labute approximate surface area is 278 Å². The summed E-state index contributed by atoms with van der Waals surface area (Å²) in [7, 11) is -0.892. The average molecular weight is 631 g/mol. The van der Waals surface area contributed by atoms with Gasteiger partial charge in [-0.1, -0.05) is 217 Å². The lowest BCUT2D eigenvalue weighted by molar-refractivity contribution is 1.40. The molecule has 0 bridgehead atoms. The van der Waals surface area contributed by atoms with Gasteiger partial charge in [0.2, 0.25) is 0 Å². The van der Waals surface area contributed by atoms with E-state index in [0.717, 1.165) is 0 Å². The van der Waals surface area contributed by atoms with Crippen LogP contribution in [0.25, 0.3) is 0 Å². The topological polar surface area (TPSA) is 0 Å². The van der Waals surface area contributed by atoms with E-state index in [0.29, 0.717) is 0 Å². The van der Waals surface area contributed by atoms with E-state index in [4.69, 9.17) is 0 Å². The van der Waals surface area contributed by atoms with Gasteiger partial charge in [-0.05, 0) is 61.5 Å². The highest BCUT2D eigenvalue weighted by atomic mass is 31.1. The van der Waals surface area contributed by atoms with Crippen LogP contribution in [0.15, 0.2) is 206 Å². The standard InChI is InChI=1S/2C18H15P.C8H10/c2*1-4-10-16(11-5-1)19(17-12-6-2-7-13-17)18-14-8-3-9-15-18;1-7-3-5-8(2)6-4-7/h2*1-15H;3-6H,1-2H3. The van der Waals surface area contributed by atoms with Gasteiger partial charge in [0, 0.05) is 0 Å². The van der Waals surface area contributed by atoms with Crippen LogP contribution in [0.5, 0.6) is 0 Å². The Morgan fingerprint density at radius 2 is 0.370 bits per heavy atom. The van der Waals surface area contributed by atoms with Crippen molar-refractivity contribution in [1.82, 2.24) is 0 Å². The summed E-state index contributed by atoms with van der Waals surface area (Å²) in [6.07, 6.45) is 0. The number of benzene rings is 7. The molecular weight excluding hydrogens is 590 g/mol. The van der Waals surface area contributed by atoms with E-state index in [2.05, 4.69) is 220 Å². The van der Waals surface area contributed by atoms with Crippen molar-refractivity contribution >= 4 is 47.7 Å². The monoisotopic (exact) mass is 630 g/mol. The zero-order valence-corrected chi connectivity index (χ0v) is 28.3. The summed E-state index contributed by atoms with van der Waals surface area (Å²) in [5.41, 5.74) is 2.66. The fourth-order valence-electron chi connectivity index (χ4n) is 4.99. The van der Waals surface area contributed by atoms with E-state index in [1.54, 1.807) is 0 Å². The van der Waals surface area contributed by atoms with Crippen molar-refractivity contribution in [2.45, 2.75) is 13.8 Å². The van der Waals surface area contributed by atoms with Crippen molar-refractivity contribution < 1.29 is 0 Å². The van der Waals surface area contributed by atoms with Crippen LogP contribution in [-0.2, 0) is 0 Å². The second-order valence-corrected chi connectivity index (χ2v) is 15.3. The molecule has 0 heterocycles. The van der Waals surface area contributed by atoms with Gasteiger partial charge < -0.3 is 0 Å². The van der Waals surface area contributed by atoms with Gasteiger partial charge in [-0.3, -0.25) is 0 Å². The smallest absolute Gasteiger partial charge is 0.0134 e. The SMILES string of the molecule is Cc1ccc(C)cc1.c1ccc(P(c2ccccc2)c2ccccc2)cc1.c1ccc(P(c2ccccc2)c2ccccc2)cc1. The zero-order valence-electron chi connectivity index (χ0n) is 26.5. The summed E-state index contributed by atoms with van der Waals surface area (Å²) < 4.78 is 0. The highest BCUT2D eigenvalue weighted by molar-refractivity contribution is 7.80. The third-order valence-corrected chi connectivity index (χ3v) is 12.2. The Balaban J connectivity index is 0.000000147. The van der Waals surface area contributed by atoms with Crippen molar-refractivity contribution in [3.63, 3.8) is 0 Å². The summed E-state index contributed by atoms with van der Waals surface area (Å²) in [6.45, 7) is 4.19. The summed E-state index contributed by atoms with van der Waals surface area (Å²) >= 11 is 0. The van der Waals surface area contributed by atoms with Gasteiger partial charge in [-0.2, -0.15) is 0 Å². The molecular formula is C44H40P2. The van der Waals surface area contributed by atoms with Crippen molar-refractivity contribution in [3.05, 3.63) is 217 Å². The number of hydrogen-bond donors (Lipinski definition) is 0. The van der Waals surface area contributed by atoms with Crippen LogP contribution in [0, 0.1) is 13.8 Å². The molecule has 0 amide bonds. The predicted octanol–water partition coefficient (Wildman–Crippen LogP) is 9.19. The fraction of sp³-hybridized carbons (Fsp3) is 0.0455. The summed E-state index contributed by atoms with van der Waals surface area (Å²) in [5, 5.41) is 8.39. The summed E-state index contributed by atoms with van der Waals surface area (Å²) in [4.78, 5) is 0. The molecule has 0 aliphatic rings. The van der Waals surface area contributed by atoms with Gasteiger partial charge >= 0.3 is 0 Å². The molecule has 0 N–H and O–H groups in total. The van der Waals surface area contributed by atoms with Gasteiger partial charge in [0.15, 0.2) is 0 Å². The van der Waals surface area contributed by atoms with Crippen LogP contribution in [0.2, 0.25) is 0 Å². The lowest BCUT2D eigenvalue weighted by Gasteiger charge is -2.18. The van der Waals surface area contributed by atoms with E-state index in [1.807, 2.05) is 0 Å². The van der Waals surface area contributed by atoms with E-state index in [1.165, 1.54) is 43.0 Å². The van der Waals surface area contributed by atoms with Gasteiger partial charge in [0.1, 0.15) is 0 Å². The molecule has 0 fully saturated rings. The molecule has 0 nitrogen and oxygen atoms in total. The minimum atomic E-state index is -0.446. The molecule has 0 spiro atoms. The third-order valence-electron chi connectivity index (χ3n) is 7.30. The fourth-order valence-corrected chi connectivity index (χ4v) is 9.60. The number of rotatable bonds is 6. The van der Waals surface area contributed by atoms with Crippen LogP contribution in [0.3, 0.4) is 0 Å². The predicted molar refractivity (Wildman–Crippen MR) is 206 cm³/mol. The Hall–Kier alpha value is -4.60. The van der Waals surface area contributed by atoms with Crippen LogP contribution >= 0.6 is 15.8 Å². The van der Waals surface area contributed by atoms with Gasteiger partial charge in [0.25, 0.3) is 0 Å². The maximum atomic E-state index is 2.23. The van der Waals surface area contributed by atoms with Gasteiger partial charge in [-0.25, -0.2) is 0 Å². The van der Waals surface area contributed by atoms with Gasteiger partial charge in [0.05, 0.1) is 0 Å². The summed E-state index contributed by atoms with van der Waals surface area (Å²) in [6, 6.07) is 73.1. The lowest BCUT2D eigenvalue weighted by atomic mass is 10.2. The van der Waals surface area contributed by atoms with Crippen LogP contribution in [0.1, 0.15) is 11.1 Å². The molecule has 0 atom stereocenters. The molecule has 0 aromatic heterocycles. The lowest BCUT2D eigenvalue weighted by Crippen LogP contribution is -2.20. The first-order chi connectivity index (χ1) is 22.7. The second-order valence-electron chi connectivity index (χ2n) is 10.8. The van der Waals surface area contributed by atoms with Gasteiger partial charge in [-0.15, -0.1) is 0 Å². The largest absolute Gasteiger partial charge is 0.0622 e. The Morgan fingerprint density at radius 1 is 0.217 bits per heavy atom. The molecule has 2 heteroatoms. The molecule has 0 saturated carbocycles. The molecule has 0 saturated heterocycles. The summed E-state index contributed by atoms with van der Waals surface area (Å²) in [5.74, 6) is 0. The normalized spacial score (nSPS) is 10.3. The van der Waals surface area contributed by atoms with Crippen molar-refractivity contribution in [2.75, 3.05) is 0 Å². The minimum Gasteiger partial charge on any atom is -0.0622 e. The van der Waals surface area contributed by atoms with Crippen LogP contribution in [0.4, 0.5) is 0 Å². The highest BCUT2D eigenvalue weighted by Gasteiger charge is 2.16. The maximum absolute atomic E-state index is 2.23. The first-order valence-corrected chi connectivity index (χ1v) is 18.3. The Morgan fingerprint density at radius 3 is 0.522 bits per heavy atom. The van der Waals surface area contributed by atoms with Crippen LogP contribution < -0.4 is 31.8 Å².